The van der Waals surface area contributed by atoms with Gasteiger partial charge in [-0.05, 0) is 36.1 Å². The summed E-state index contributed by atoms with van der Waals surface area (Å²) in [5.74, 6) is 0.750. The number of amides is 1. The molecule has 2 unspecified atom stereocenters. The highest BCUT2D eigenvalue weighted by atomic mass is 32.2. The molecule has 1 amide bonds. The van der Waals surface area contributed by atoms with Gasteiger partial charge in [0.25, 0.3) is 0 Å². The van der Waals surface area contributed by atoms with E-state index in [1.807, 2.05) is 6.92 Å². The third-order valence-electron chi connectivity index (χ3n) is 3.62. The Morgan fingerprint density at radius 2 is 2.33 bits per heavy atom. The lowest BCUT2D eigenvalue weighted by atomic mass is 10.1. The van der Waals surface area contributed by atoms with Gasteiger partial charge in [-0.2, -0.15) is 0 Å². The molecule has 2 atom stereocenters. The van der Waals surface area contributed by atoms with Gasteiger partial charge in [-0.1, -0.05) is 25.6 Å². The fourth-order valence-corrected chi connectivity index (χ4v) is 2.69. The van der Waals surface area contributed by atoms with Crippen molar-refractivity contribution in [2.45, 2.75) is 57.5 Å². The summed E-state index contributed by atoms with van der Waals surface area (Å²) in [4.78, 5) is 11.9. The van der Waals surface area contributed by atoms with Crippen LogP contribution in [-0.2, 0) is 16.1 Å². The number of hydrogen-bond donors (Lipinski definition) is 1. The zero-order valence-corrected chi connectivity index (χ0v) is 13.6. The van der Waals surface area contributed by atoms with Gasteiger partial charge >= 0.3 is 0 Å². The molecule has 1 aromatic rings. The molecule has 0 spiro atoms. The Balaban J connectivity index is 1.80. The standard InChI is InChI=1S/C13H23N5O2S/c1-9(2)10(3)14-12(19)8-21-13-15-16-17-18(13)7-11-5-4-6-20-11/h9-11H,4-8H2,1-3H3,(H,14,19). The molecule has 0 aliphatic carbocycles. The molecular formula is C13H23N5O2S. The third-order valence-corrected chi connectivity index (χ3v) is 4.58. The number of carbonyl (C=O) groups excluding carboxylic acids is 1. The van der Waals surface area contributed by atoms with Crippen LogP contribution in [0.1, 0.15) is 33.6 Å². The topological polar surface area (TPSA) is 81.9 Å². The van der Waals surface area contributed by atoms with E-state index in [0.29, 0.717) is 23.4 Å². The maximum Gasteiger partial charge on any atom is 0.230 e. The second kappa shape index (κ2) is 7.74. The third kappa shape index (κ3) is 4.96. The number of nitrogens with zero attached hydrogens (tertiary/aromatic N) is 4. The maximum atomic E-state index is 11.9. The molecular weight excluding hydrogens is 290 g/mol. The number of aromatic nitrogens is 4. The Hall–Kier alpha value is -1.15. The van der Waals surface area contributed by atoms with Crippen molar-refractivity contribution in [2.75, 3.05) is 12.4 Å². The second-order valence-electron chi connectivity index (χ2n) is 5.67. The van der Waals surface area contributed by atoms with Crippen LogP contribution in [0.5, 0.6) is 0 Å². The molecule has 8 heteroatoms. The van der Waals surface area contributed by atoms with Crippen molar-refractivity contribution < 1.29 is 9.53 Å². The van der Waals surface area contributed by atoms with Crippen molar-refractivity contribution in [1.82, 2.24) is 25.5 Å². The number of thioether (sulfide) groups is 1. The molecule has 1 aliphatic heterocycles. The summed E-state index contributed by atoms with van der Waals surface area (Å²) in [7, 11) is 0. The molecule has 1 N–H and O–H groups in total. The first-order chi connectivity index (χ1) is 10.1. The van der Waals surface area contributed by atoms with Crippen molar-refractivity contribution >= 4 is 17.7 Å². The predicted molar refractivity (Wildman–Crippen MR) is 80.0 cm³/mol. The number of ether oxygens (including phenoxy) is 1. The fourth-order valence-electron chi connectivity index (χ4n) is 1.99. The molecule has 21 heavy (non-hydrogen) atoms. The normalized spacial score (nSPS) is 19.9. The van der Waals surface area contributed by atoms with E-state index < -0.39 is 0 Å². The van der Waals surface area contributed by atoms with Crippen LogP contribution in [0, 0.1) is 5.92 Å². The van der Waals surface area contributed by atoms with Crippen LogP contribution in [0.4, 0.5) is 0 Å². The molecule has 1 saturated heterocycles. The minimum absolute atomic E-state index is 0.00728. The summed E-state index contributed by atoms with van der Waals surface area (Å²) in [6, 6.07) is 0.168. The average Bonchev–Trinajstić information content (AvgIpc) is 3.08. The van der Waals surface area contributed by atoms with E-state index in [4.69, 9.17) is 4.74 Å². The molecule has 7 nitrogen and oxygen atoms in total. The fraction of sp³-hybridized carbons (Fsp3) is 0.846. The Morgan fingerprint density at radius 3 is 3.00 bits per heavy atom. The number of hydrogen-bond acceptors (Lipinski definition) is 6. The summed E-state index contributed by atoms with van der Waals surface area (Å²) in [6.45, 7) is 7.64. The average molecular weight is 313 g/mol. The monoisotopic (exact) mass is 313 g/mol. The highest BCUT2D eigenvalue weighted by Gasteiger charge is 2.19. The van der Waals surface area contributed by atoms with Gasteiger partial charge in [0, 0.05) is 12.6 Å². The van der Waals surface area contributed by atoms with E-state index in [0.717, 1.165) is 19.4 Å². The van der Waals surface area contributed by atoms with Crippen LogP contribution in [0.25, 0.3) is 0 Å². The first-order valence-corrected chi connectivity index (χ1v) is 8.34. The van der Waals surface area contributed by atoms with Gasteiger partial charge in [-0.3, -0.25) is 4.79 Å². The largest absolute Gasteiger partial charge is 0.376 e. The van der Waals surface area contributed by atoms with Crippen LogP contribution in [0.15, 0.2) is 5.16 Å². The molecule has 2 heterocycles. The highest BCUT2D eigenvalue weighted by Crippen LogP contribution is 2.18. The Kier molecular flexibility index (Phi) is 5.98. The Bertz CT molecular complexity index is 459. The van der Waals surface area contributed by atoms with E-state index in [1.54, 1.807) is 4.68 Å². The van der Waals surface area contributed by atoms with Crippen molar-refractivity contribution in [3.63, 3.8) is 0 Å². The minimum Gasteiger partial charge on any atom is -0.376 e. The van der Waals surface area contributed by atoms with Gasteiger partial charge in [0.15, 0.2) is 0 Å². The van der Waals surface area contributed by atoms with Gasteiger partial charge in [0.1, 0.15) is 0 Å². The molecule has 0 bridgehead atoms. The summed E-state index contributed by atoms with van der Waals surface area (Å²) in [5, 5.41) is 15.3. The Morgan fingerprint density at radius 1 is 1.52 bits per heavy atom. The first-order valence-electron chi connectivity index (χ1n) is 7.36. The molecule has 1 aromatic heterocycles. The number of carbonyl (C=O) groups is 1. The van der Waals surface area contributed by atoms with Crippen molar-refractivity contribution in [3.05, 3.63) is 0 Å². The summed E-state index contributed by atoms with van der Waals surface area (Å²) >= 11 is 1.36. The molecule has 1 aliphatic rings. The van der Waals surface area contributed by atoms with Gasteiger partial charge < -0.3 is 10.1 Å². The SMILES string of the molecule is CC(C)C(C)NC(=O)CSc1nnnn1CC1CCCO1. The van der Waals surface area contributed by atoms with Crippen molar-refractivity contribution in [1.29, 1.82) is 0 Å². The molecule has 118 valence electrons. The second-order valence-corrected chi connectivity index (χ2v) is 6.61. The van der Waals surface area contributed by atoms with Crippen LogP contribution < -0.4 is 5.32 Å². The van der Waals surface area contributed by atoms with Gasteiger partial charge in [0.2, 0.25) is 11.1 Å². The van der Waals surface area contributed by atoms with Crippen LogP contribution in [-0.4, -0.2) is 50.6 Å². The quantitative estimate of drug-likeness (QED) is 0.759. The minimum atomic E-state index is 0.00728. The molecule has 1 fully saturated rings. The predicted octanol–water partition coefficient (Wildman–Crippen LogP) is 1.10. The molecule has 2 rings (SSSR count). The van der Waals surface area contributed by atoms with Gasteiger partial charge in [0.05, 0.1) is 18.4 Å². The smallest absolute Gasteiger partial charge is 0.230 e. The molecule has 0 radical (unpaired) electrons. The summed E-state index contributed by atoms with van der Waals surface area (Å²) in [6.07, 6.45) is 2.31. The van der Waals surface area contributed by atoms with E-state index in [-0.39, 0.29) is 18.1 Å². The zero-order valence-electron chi connectivity index (χ0n) is 12.8. The van der Waals surface area contributed by atoms with Gasteiger partial charge in [-0.25, -0.2) is 4.68 Å². The summed E-state index contributed by atoms with van der Waals surface area (Å²) < 4.78 is 7.30. The van der Waals surface area contributed by atoms with E-state index >= 15 is 0 Å². The molecule has 0 aromatic carbocycles. The van der Waals surface area contributed by atoms with Crippen LogP contribution in [0.2, 0.25) is 0 Å². The van der Waals surface area contributed by atoms with E-state index in [1.165, 1.54) is 11.8 Å². The Labute approximate surface area is 129 Å². The van der Waals surface area contributed by atoms with E-state index in [2.05, 4.69) is 34.7 Å². The lowest BCUT2D eigenvalue weighted by Gasteiger charge is -2.17. The number of tetrazole rings is 1. The number of nitrogens with one attached hydrogen (secondary N) is 1. The lowest BCUT2D eigenvalue weighted by molar-refractivity contribution is -0.119. The van der Waals surface area contributed by atoms with Crippen molar-refractivity contribution in [3.8, 4) is 0 Å². The van der Waals surface area contributed by atoms with Gasteiger partial charge in [-0.15, -0.1) is 5.10 Å². The van der Waals surface area contributed by atoms with E-state index in [9.17, 15) is 4.79 Å². The number of rotatable bonds is 7. The van der Waals surface area contributed by atoms with Crippen LogP contribution in [0.3, 0.4) is 0 Å². The maximum absolute atomic E-state index is 11.9. The lowest BCUT2D eigenvalue weighted by Crippen LogP contribution is -2.37. The highest BCUT2D eigenvalue weighted by molar-refractivity contribution is 7.99. The first kappa shape index (κ1) is 16.2. The van der Waals surface area contributed by atoms with Crippen LogP contribution >= 0.6 is 11.8 Å². The van der Waals surface area contributed by atoms with Crippen molar-refractivity contribution in [2.24, 2.45) is 5.92 Å². The molecule has 0 saturated carbocycles. The summed E-state index contributed by atoms with van der Waals surface area (Å²) in [5.41, 5.74) is 0. The zero-order chi connectivity index (χ0) is 15.2.